The van der Waals surface area contributed by atoms with Crippen molar-refractivity contribution in [1.29, 1.82) is 0 Å². The van der Waals surface area contributed by atoms with Gasteiger partial charge in [-0.15, -0.1) is 0 Å². The molecule has 1 fully saturated rings. The van der Waals surface area contributed by atoms with Gasteiger partial charge in [-0.3, -0.25) is 25.1 Å². The fraction of sp³-hybridized carbons (Fsp3) is 0.0909. The Kier molecular flexibility index (Phi) is 5.08. The molecular formula is C22H16ClN3O5. The highest BCUT2D eigenvalue weighted by molar-refractivity contribution is 6.33. The summed E-state index contributed by atoms with van der Waals surface area (Å²) in [5.41, 5.74) is 5.42. The molecule has 1 aliphatic heterocycles. The second-order valence-electron chi connectivity index (χ2n) is 7.03. The molecule has 9 heteroatoms. The number of amides is 2. The van der Waals surface area contributed by atoms with Crippen molar-refractivity contribution in [3.05, 3.63) is 86.1 Å². The Morgan fingerprint density at radius 2 is 1.84 bits per heavy atom. The van der Waals surface area contributed by atoms with Gasteiger partial charge in [-0.2, -0.15) is 0 Å². The SMILES string of the molecule is Cc1ccc(N2NC(=O)C(=Cc3ccc(-c4ccc([N+](=O)[O-])cc4Cl)o3)C2=O)cc1C. The zero-order valence-corrected chi connectivity index (χ0v) is 17.3. The van der Waals surface area contributed by atoms with E-state index in [9.17, 15) is 19.7 Å². The smallest absolute Gasteiger partial charge is 0.282 e. The third kappa shape index (κ3) is 3.80. The number of nitro groups is 1. The number of furan rings is 1. The minimum atomic E-state index is -0.547. The van der Waals surface area contributed by atoms with Crippen LogP contribution in [0.15, 0.2) is 58.5 Å². The van der Waals surface area contributed by atoms with E-state index in [1.54, 1.807) is 18.2 Å². The molecule has 1 aliphatic rings. The van der Waals surface area contributed by atoms with Crippen molar-refractivity contribution in [1.82, 2.24) is 5.43 Å². The van der Waals surface area contributed by atoms with Gasteiger partial charge in [-0.25, -0.2) is 5.01 Å². The van der Waals surface area contributed by atoms with Crippen molar-refractivity contribution in [3.8, 4) is 11.3 Å². The van der Waals surface area contributed by atoms with Crippen molar-refractivity contribution in [3.63, 3.8) is 0 Å². The Hall–Kier alpha value is -3.91. The third-order valence-electron chi connectivity index (χ3n) is 4.98. The van der Waals surface area contributed by atoms with Gasteiger partial charge in [0.1, 0.15) is 17.1 Å². The number of hydrazine groups is 1. The molecule has 31 heavy (non-hydrogen) atoms. The van der Waals surface area contributed by atoms with Crippen molar-refractivity contribution in [2.45, 2.75) is 13.8 Å². The molecule has 0 spiro atoms. The Morgan fingerprint density at radius 3 is 2.52 bits per heavy atom. The summed E-state index contributed by atoms with van der Waals surface area (Å²) in [5.74, 6) is -0.428. The summed E-state index contributed by atoms with van der Waals surface area (Å²) in [6.45, 7) is 3.88. The maximum Gasteiger partial charge on any atom is 0.282 e. The van der Waals surface area contributed by atoms with E-state index in [0.29, 0.717) is 17.0 Å². The summed E-state index contributed by atoms with van der Waals surface area (Å²) in [6, 6.07) is 12.7. The monoisotopic (exact) mass is 437 g/mol. The van der Waals surface area contributed by atoms with E-state index in [-0.39, 0.29) is 22.0 Å². The second-order valence-corrected chi connectivity index (χ2v) is 7.44. The van der Waals surface area contributed by atoms with E-state index in [1.807, 2.05) is 26.0 Å². The second kappa shape index (κ2) is 7.73. The first-order valence-electron chi connectivity index (χ1n) is 9.23. The van der Waals surface area contributed by atoms with E-state index in [0.717, 1.165) is 11.1 Å². The first-order chi connectivity index (χ1) is 14.7. The van der Waals surface area contributed by atoms with E-state index in [1.165, 1.54) is 29.3 Å². The number of rotatable bonds is 4. The normalized spacial score (nSPS) is 14.9. The molecule has 8 nitrogen and oxygen atoms in total. The van der Waals surface area contributed by atoms with Crippen molar-refractivity contribution in [2.24, 2.45) is 0 Å². The van der Waals surface area contributed by atoms with Crippen LogP contribution in [0, 0.1) is 24.0 Å². The topological polar surface area (TPSA) is 106 Å². The molecule has 0 saturated carbocycles. The van der Waals surface area contributed by atoms with E-state index in [4.69, 9.17) is 16.0 Å². The number of non-ortho nitro benzene ring substituents is 1. The number of nitrogens with zero attached hydrogens (tertiary/aromatic N) is 2. The zero-order valence-electron chi connectivity index (χ0n) is 16.5. The number of nitrogens with one attached hydrogen (secondary N) is 1. The zero-order chi connectivity index (χ0) is 22.3. The summed E-state index contributed by atoms with van der Waals surface area (Å²) in [5, 5.41) is 12.2. The van der Waals surface area contributed by atoms with Gasteiger partial charge in [0.25, 0.3) is 17.5 Å². The van der Waals surface area contributed by atoms with Crippen LogP contribution >= 0.6 is 11.6 Å². The summed E-state index contributed by atoms with van der Waals surface area (Å²) < 4.78 is 5.70. The van der Waals surface area contributed by atoms with Crippen molar-refractivity contribution >= 4 is 40.9 Å². The predicted octanol–water partition coefficient (Wildman–Crippen LogP) is 4.59. The lowest BCUT2D eigenvalue weighted by Gasteiger charge is -2.15. The standard InChI is InChI=1S/C22H16ClN3O5/c1-12-3-4-14(9-13(12)2)25-22(28)18(21(27)24-25)11-16-6-8-20(31-16)17-7-5-15(26(29)30)10-19(17)23/h3-11H,1-2H3,(H,24,27). The summed E-state index contributed by atoms with van der Waals surface area (Å²) in [6.07, 6.45) is 1.35. The highest BCUT2D eigenvalue weighted by Crippen LogP contribution is 2.33. The number of carbonyl (C=O) groups is 2. The van der Waals surface area contributed by atoms with Crippen LogP contribution in [0.25, 0.3) is 17.4 Å². The molecule has 0 radical (unpaired) electrons. The van der Waals surface area contributed by atoms with Gasteiger partial charge in [0.2, 0.25) is 0 Å². The van der Waals surface area contributed by atoms with Crippen LogP contribution in [0.1, 0.15) is 16.9 Å². The number of hydrogen-bond acceptors (Lipinski definition) is 5. The van der Waals surface area contributed by atoms with Gasteiger partial charge in [0, 0.05) is 17.7 Å². The minimum Gasteiger partial charge on any atom is -0.457 e. The van der Waals surface area contributed by atoms with Crippen LogP contribution in [-0.4, -0.2) is 16.7 Å². The predicted molar refractivity (Wildman–Crippen MR) is 115 cm³/mol. The lowest BCUT2D eigenvalue weighted by molar-refractivity contribution is -0.384. The lowest BCUT2D eigenvalue weighted by atomic mass is 10.1. The number of hydrogen-bond donors (Lipinski definition) is 1. The van der Waals surface area contributed by atoms with Crippen LogP contribution in [0.5, 0.6) is 0 Å². The minimum absolute atomic E-state index is 0.0751. The third-order valence-corrected chi connectivity index (χ3v) is 5.30. The molecule has 2 heterocycles. The first-order valence-corrected chi connectivity index (χ1v) is 9.61. The molecule has 1 aromatic heterocycles. The Labute approximate surface area is 181 Å². The fourth-order valence-corrected chi connectivity index (χ4v) is 3.41. The van der Waals surface area contributed by atoms with E-state index < -0.39 is 16.7 Å². The van der Waals surface area contributed by atoms with Crippen LogP contribution in [0.4, 0.5) is 11.4 Å². The Morgan fingerprint density at radius 1 is 1.06 bits per heavy atom. The molecule has 3 aromatic rings. The fourth-order valence-electron chi connectivity index (χ4n) is 3.14. The van der Waals surface area contributed by atoms with Crippen molar-refractivity contribution < 1.29 is 18.9 Å². The quantitative estimate of drug-likeness (QED) is 0.278. The molecule has 4 rings (SSSR count). The molecule has 2 amide bonds. The highest BCUT2D eigenvalue weighted by Gasteiger charge is 2.35. The molecule has 2 aromatic carbocycles. The molecule has 1 N–H and O–H groups in total. The molecule has 156 valence electrons. The van der Waals surface area contributed by atoms with Gasteiger partial charge in [-0.05, 0) is 61.4 Å². The average Bonchev–Trinajstić information content (AvgIpc) is 3.30. The number of anilines is 1. The largest absolute Gasteiger partial charge is 0.457 e. The molecule has 0 atom stereocenters. The molecule has 0 aliphatic carbocycles. The number of benzene rings is 2. The molecule has 0 bridgehead atoms. The van der Waals surface area contributed by atoms with E-state index in [2.05, 4.69) is 5.43 Å². The summed E-state index contributed by atoms with van der Waals surface area (Å²) in [7, 11) is 0. The van der Waals surface area contributed by atoms with Gasteiger partial charge < -0.3 is 4.42 Å². The van der Waals surface area contributed by atoms with E-state index >= 15 is 0 Å². The van der Waals surface area contributed by atoms with Gasteiger partial charge in [-0.1, -0.05) is 17.7 Å². The van der Waals surface area contributed by atoms with Crippen molar-refractivity contribution in [2.75, 3.05) is 5.01 Å². The van der Waals surface area contributed by atoms with Crippen LogP contribution in [0.2, 0.25) is 5.02 Å². The lowest BCUT2D eigenvalue weighted by Crippen LogP contribution is -2.35. The van der Waals surface area contributed by atoms with Gasteiger partial charge in [0.05, 0.1) is 15.6 Å². The highest BCUT2D eigenvalue weighted by atomic mass is 35.5. The Balaban J connectivity index is 1.62. The number of nitro benzene ring substituents is 1. The Bertz CT molecular complexity index is 1280. The molecule has 0 unspecified atom stereocenters. The summed E-state index contributed by atoms with van der Waals surface area (Å²) >= 11 is 6.14. The van der Waals surface area contributed by atoms with Gasteiger partial charge >= 0.3 is 0 Å². The van der Waals surface area contributed by atoms with Gasteiger partial charge in [0.15, 0.2) is 0 Å². The molecular weight excluding hydrogens is 422 g/mol. The number of halogens is 1. The van der Waals surface area contributed by atoms with Crippen LogP contribution < -0.4 is 10.4 Å². The number of aryl methyl sites for hydroxylation is 2. The average molecular weight is 438 g/mol. The summed E-state index contributed by atoms with van der Waals surface area (Å²) in [4.78, 5) is 35.5. The molecule has 1 saturated heterocycles. The number of carbonyl (C=O) groups excluding carboxylic acids is 2. The maximum absolute atomic E-state index is 12.8. The first kappa shape index (κ1) is 20.4. The maximum atomic E-state index is 12.8. The van der Waals surface area contributed by atoms with Crippen LogP contribution in [0.3, 0.4) is 0 Å². The van der Waals surface area contributed by atoms with Crippen LogP contribution in [-0.2, 0) is 9.59 Å².